The zero-order valence-electron chi connectivity index (χ0n) is 21.5. The van der Waals surface area contributed by atoms with Gasteiger partial charge in [0, 0.05) is 5.57 Å². The Morgan fingerprint density at radius 2 is 1.13 bits per heavy atom. The number of esters is 1. The lowest BCUT2D eigenvalue weighted by Crippen LogP contribution is -2.58. The van der Waals surface area contributed by atoms with Gasteiger partial charge in [-0.1, -0.05) is 13.0 Å². The number of carbonyl (C=O) groups is 1. The van der Waals surface area contributed by atoms with Crippen LogP contribution in [-0.4, -0.2) is 54.9 Å². The Morgan fingerprint density at radius 3 is 1.57 bits per heavy atom. The van der Waals surface area contributed by atoms with Crippen LogP contribution in [-0.2, 0) is 26.0 Å². The number of carbonyl (C=O) groups excluding carboxylic acids is 1. The van der Waals surface area contributed by atoms with Crippen LogP contribution in [0.5, 0.6) is 0 Å². The predicted octanol–water partition coefficient (Wildman–Crippen LogP) is 6.10. The van der Waals surface area contributed by atoms with E-state index in [1.807, 2.05) is 0 Å². The van der Waals surface area contributed by atoms with Gasteiger partial charge in [0.1, 0.15) is 0 Å². The Labute approximate surface area is 190 Å². The average molecular weight is 511 g/mol. The van der Waals surface area contributed by atoms with Crippen LogP contribution >= 0.6 is 0 Å². The fourth-order valence-corrected chi connectivity index (χ4v) is 27.5. The third kappa shape index (κ3) is 15.0. The number of hydrogen-bond donors (Lipinski definition) is 0. The van der Waals surface area contributed by atoms with Crippen molar-refractivity contribution in [2.75, 3.05) is 6.61 Å². The minimum Gasteiger partial charge on any atom is -0.462 e. The summed E-state index contributed by atoms with van der Waals surface area (Å²) in [6.45, 7) is 29.4. The van der Waals surface area contributed by atoms with E-state index in [0.29, 0.717) is 12.2 Å². The van der Waals surface area contributed by atoms with Gasteiger partial charge in [-0.15, -0.1) is 0 Å². The molecule has 178 valence electrons. The van der Waals surface area contributed by atoms with Gasteiger partial charge < -0.3 is 21.2 Å². The first-order valence-electron chi connectivity index (χ1n) is 10.8. The summed E-state index contributed by atoms with van der Waals surface area (Å²) in [5, 5.41) is 0. The molecule has 0 aromatic rings. The Balaban J connectivity index is 4.68. The first-order chi connectivity index (χ1) is 13.2. The van der Waals surface area contributed by atoms with E-state index in [0.717, 1.165) is 18.9 Å². The standard InChI is InChI=1S/C19H46O6Si5/c1-18(2)19(20)21-16-14-15-17-27(6,7)23-29(10,11)25-30(12,13)24-28(8,9)22-26(3,4)5/h1,14-17H2,2-13H3. The highest BCUT2D eigenvalue weighted by atomic mass is 28.5. The Bertz CT molecular complexity index is 584. The molecule has 0 radical (unpaired) electrons. The first-order valence-corrected chi connectivity index (χ1v) is 25.8. The summed E-state index contributed by atoms with van der Waals surface area (Å²) in [6.07, 6.45) is 1.80. The van der Waals surface area contributed by atoms with Crippen LogP contribution < -0.4 is 0 Å². The van der Waals surface area contributed by atoms with E-state index in [9.17, 15) is 4.79 Å². The predicted molar refractivity (Wildman–Crippen MR) is 137 cm³/mol. The molecular formula is C19H46O6Si5. The highest BCUT2D eigenvalue weighted by Gasteiger charge is 2.45. The van der Waals surface area contributed by atoms with E-state index in [4.69, 9.17) is 21.2 Å². The second-order valence-corrected chi connectivity index (χ2v) is 30.8. The highest BCUT2D eigenvalue weighted by Crippen LogP contribution is 2.27. The number of rotatable bonds is 14. The van der Waals surface area contributed by atoms with Crippen LogP contribution in [0.25, 0.3) is 0 Å². The molecule has 0 heterocycles. The second-order valence-electron chi connectivity index (χ2n) is 10.9. The average Bonchev–Trinajstić information content (AvgIpc) is 2.38. The molecule has 0 rings (SSSR count). The molecule has 0 amide bonds. The molecule has 0 saturated heterocycles. The number of unbranched alkanes of at least 4 members (excludes halogenated alkanes) is 1. The van der Waals surface area contributed by atoms with Gasteiger partial charge in [0.2, 0.25) is 0 Å². The summed E-state index contributed by atoms with van der Waals surface area (Å²) >= 11 is 0. The largest absolute Gasteiger partial charge is 0.462 e. The summed E-state index contributed by atoms with van der Waals surface area (Å²) in [4.78, 5) is 11.4. The van der Waals surface area contributed by atoms with E-state index in [1.165, 1.54) is 0 Å². The Morgan fingerprint density at radius 1 is 0.700 bits per heavy atom. The van der Waals surface area contributed by atoms with Gasteiger partial charge in [-0.25, -0.2) is 4.79 Å². The smallest absolute Gasteiger partial charge is 0.333 e. The van der Waals surface area contributed by atoms with Crippen molar-refractivity contribution in [2.45, 2.75) is 97.8 Å². The van der Waals surface area contributed by atoms with Gasteiger partial charge in [-0.05, 0) is 91.4 Å². The SMILES string of the molecule is C=C(C)C(=O)OCCCC[Si](C)(C)O[Si](C)(C)O[Si](C)(C)O[Si](C)(C)O[Si](C)(C)C. The maximum absolute atomic E-state index is 11.4. The molecule has 0 aliphatic carbocycles. The lowest BCUT2D eigenvalue weighted by Gasteiger charge is -2.42. The first kappa shape index (κ1) is 30.1. The Kier molecular flexibility index (Phi) is 11.4. The molecule has 0 unspecified atom stereocenters. The van der Waals surface area contributed by atoms with Crippen molar-refractivity contribution in [2.24, 2.45) is 0 Å². The highest BCUT2D eigenvalue weighted by molar-refractivity contribution is 6.90. The quantitative estimate of drug-likeness (QED) is 0.122. The van der Waals surface area contributed by atoms with Gasteiger partial charge in [0.15, 0.2) is 16.6 Å². The lowest BCUT2D eigenvalue weighted by molar-refractivity contribution is -0.139. The molecule has 6 nitrogen and oxygen atoms in total. The Hall–Kier alpha value is 0.134. The second kappa shape index (κ2) is 11.3. The molecule has 0 aromatic carbocycles. The number of ether oxygens (including phenoxy) is 1. The molecule has 0 aliphatic rings. The van der Waals surface area contributed by atoms with E-state index >= 15 is 0 Å². The van der Waals surface area contributed by atoms with Gasteiger partial charge in [-0.2, -0.15) is 0 Å². The van der Waals surface area contributed by atoms with E-state index in [2.05, 4.69) is 78.6 Å². The summed E-state index contributed by atoms with van der Waals surface area (Å²) < 4.78 is 31.2. The maximum Gasteiger partial charge on any atom is 0.333 e. The van der Waals surface area contributed by atoms with Crippen molar-refractivity contribution in [1.82, 2.24) is 0 Å². The van der Waals surface area contributed by atoms with Crippen LogP contribution in [0.2, 0.25) is 78.1 Å². The van der Waals surface area contributed by atoms with Gasteiger partial charge in [-0.3, -0.25) is 0 Å². The fourth-order valence-electron chi connectivity index (χ4n) is 3.64. The van der Waals surface area contributed by atoms with Crippen LogP contribution in [0.3, 0.4) is 0 Å². The topological polar surface area (TPSA) is 63.2 Å². The van der Waals surface area contributed by atoms with E-state index in [-0.39, 0.29) is 5.97 Å². The monoisotopic (exact) mass is 510 g/mol. The molecule has 11 heteroatoms. The molecule has 30 heavy (non-hydrogen) atoms. The molecule has 0 aromatic heterocycles. The molecule has 0 fully saturated rings. The van der Waals surface area contributed by atoms with Crippen molar-refractivity contribution in [1.29, 1.82) is 0 Å². The molecule has 0 bridgehead atoms. The fraction of sp³-hybridized carbons (Fsp3) is 0.842. The van der Waals surface area contributed by atoms with Crippen molar-refractivity contribution in [3.8, 4) is 0 Å². The van der Waals surface area contributed by atoms with Gasteiger partial charge in [0.25, 0.3) is 0 Å². The molecule has 0 spiro atoms. The third-order valence-electron chi connectivity index (χ3n) is 3.81. The normalized spacial score (nSPS) is 14.0. The maximum atomic E-state index is 11.4. The van der Waals surface area contributed by atoms with Crippen LogP contribution in [0.1, 0.15) is 19.8 Å². The minimum atomic E-state index is -2.39. The van der Waals surface area contributed by atoms with Crippen LogP contribution in [0.15, 0.2) is 12.2 Å². The third-order valence-corrected chi connectivity index (χ3v) is 21.8. The van der Waals surface area contributed by atoms with Gasteiger partial charge in [0.05, 0.1) is 6.61 Å². The summed E-state index contributed by atoms with van der Waals surface area (Å²) in [6, 6.07) is 0.999. The van der Waals surface area contributed by atoms with E-state index in [1.54, 1.807) is 6.92 Å². The van der Waals surface area contributed by atoms with E-state index < -0.39 is 42.3 Å². The van der Waals surface area contributed by atoms with Crippen molar-refractivity contribution in [3.05, 3.63) is 12.2 Å². The van der Waals surface area contributed by atoms with Crippen LogP contribution in [0, 0.1) is 0 Å². The molecule has 0 saturated carbocycles. The minimum absolute atomic E-state index is 0.318. The molecule has 0 aliphatic heterocycles. The molecule has 0 N–H and O–H groups in total. The zero-order valence-corrected chi connectivity index (χ0v) is 26.5. The zero-order chi connectivity index (χ0) is 24.0. The summed E-state index contributed by atoms with van der Waals surface area (Å²) in [7, 11) is -10.6. The summed E-state index contributed by atoms with van der Waals surface area (Å²) in [5.74, 6) is -0.318. The molecular weight excluding hydrogens is 465 g/mol. The van der Waals surface area contributed by atoms with Crippen LogP contribution in [0.4, 0.5) is 0 Å². The van der Waals surface area contributed by atoms with Crippen molar-refractivity contribution < 1.29 is 26.0 Å². The van der Waals surface area contributed by atoms with Gasteiger partial charge >= 0.3 is 31.7 Å². The molecule has 0 atom stereocenters. The lowest BCUT2D eigenvalue weighted by atomic mass is 10.3. The van der Waals surface area contributed by atoms with Crippen molar-refractivity contribution in [3.63, 3.8) is 0 Å². The number of hydrogen-bond acceptors (Lipinski definition) is 6. The van der Waals surface area contributed by atoms with Crippen molar-refractivity contribution >= 4 is 48.3 Å². The summed E-state index contributed by atoms with van der Waals surface area (Å²) in [5.41, 5.74) is 0.438.